The van der Waals surface area contributed by atoms with E-state index in [1.165, 1.54) is 5.56 Å². The van der Waals surface area contributed by atoms with E-state index in [-0.39, 0.29) is 19.1 Å². The van der Waals surface area contributed by atoms with E-state index in [0.717, 1.165) is 28.3 Å². The van der Waals surface area contributed by atoms with Crippen LogP contribution in [0.5, 0.6) is 0 Å². The molecule has 156 valence electrons. The Morgan fingerprint density at radius 1 is 1.17 bits per heavy atom. The van der Waals surface area contributed by atoms with E-state index in [9.17, 15) is 9.59 Å². The van der Waals surface area contributed by atoms with E-state index < -0.39 is 6.09 Å². The van der Waals surface area contributed by atoms with Crippen molar-refractivity contribution in [2.75, 3.05) is 23.8 Å². The molecular formula is C20H27N5O3S. The average Bonchev–Trinajstić information content (AvgIpc) is 2.99. The summed E-state index contributed by atoms with van der Waals surface area (Å²) in [4.78, 5) is 23.9. The molecule has 0 aliphatic carbocycles. The van der Waals surface area contributed by atoms with Gasteiger partial charge in [-0.05, 0) is 64.2 Å². The molecule has 0 unspecified atom stereocenters. The summed E-state index contributed by atoms with van der Waals surface area (Å²) in [5, 5.41) is 10.5. The minimum atomic E-state index is -0.553. The molecule has 0 spiro atoms. The Bertz CT molecular complexity index is 913. The Kier molecular flexibility index (Phi) is 7.72. The van der Waals surface area contributed by atoms with Crippen LogP contribution in [0, 0.1) is 27.7 Å². The Balaban J connectivity index is 2.02. The summed E-state index contributed by atoms with van der Waals surface area (Å²) < 4.78 is 9.15. The molecule has 1 heterocycles. The fourth-order valence-electron chi connectivity index (χ4n) is 3.01. The number of anilines is 2. The molecule has 0 radical (unpaired) electrons. The van der Waals surface area contributed by atoms with Gasteiger partial charge in [0.25, 0.3) is 5.91 Å². The standard InChI is InChI=1S/C20H27N5O3S/c1-7-28-20(27)22-19-17(15(6)25-29-19)14(5)23-24-16(26)10-21-18-12(3)8-11(2)9-13(18)4/h8-9,21H,7,10H2,1-6H3,(H,22,27)(H,24,26)/b23-14+. The van der Waals surface area contributed by atoms with Gasteiger partial charge in [-0.3, -0.25) is 10.1 Å². The third-order valence-electron chi connectivity index (χ3n) is 4.17. The van der Waals surface area contributed by atoms with Gasteiger partial charge in [0.15, 0.2) is 0 Å². The van der Waals surface area contributed by atoms with E-state index in [4.69, 9.17) is 4.74 Å². The van der Waals surface area contributed by atoms with Gasteiger partial charge in [0.05, 0.1) is 30.1 Å². The third kappa shape index (κ3) is 6.02. The van der Waals surface area contributed by atoms with E-state index in [0.29, 0.717) is 22.0 Å². The molecule has 29 heavy (non-hydrogen) atoms. The van der Waals surface area contributed by atoms with Crippen LogP contribution in [0.4, 0.5) is 15.5 Å². The lowest BCUT2D eigenvalue weighted by atomic mass is 10.1. The van der Waals surface area contributed by atoms with Crippen LogP contribution in [0.2, 0.25) is 0 Å². The van der Waals surface area contributed by atoms with Crippen molar-refractivity contribution in [3.05, 3.63) is 40.1 Å². The lowest BCUT2D eigenvalue weighted by Gasteiger charge is -2.13. The van der Waals surface area contributed by atoms with Crippen molar-refractivity contribution in [1.29, 1.82) is 0 Å². The number of nitrogens with zero attached hydrogens (tertiary/aromatic N) is 2. The number of benzene rings is 1. The Morgan fingerprint density at radius 3 is 2.45 bits per heavy atom. The van der Waals surface area contributed by atoms with E-state index in [2.05, 4.69) is 37.7 Å². The second kappa shape index (κ2) is 10.0. The first-order chi connectivity index (χ1) is 13.7. The van der Waals surface area contributed by atoms with Crippen LogP contribution in [0.25, 0.3) is 0 Å². The molecule has 9 heteroatoms. The highest BCUT2D eigenvalue weighted by Crippen LogP contribution is 2.25. The van der Waals surface area contributed by atoms with Crippen molar-refractivity contribution in [2.45, 2.75) is 41.5 Å². The van der Waals surface area contributed by atoms with Gasteiger partial charge in [-0.25, -0.2) is 10.2 Å². The van der Waals surface area contributed by atoms with Gasteiger partial charge in [-0.1, -0.05) is 17.7 Å². The number of rotatable bonds is 7. The highest BCUT2D eigenvalue weighted by molar-refractivity contribution is 7.11. The number of aromatic nitrogens is 1. The lowest BCUT2D eigenvalue weighted by Crippen LogP contribution is -2.27. The zero-order chi connectivity index (χ0) is 21.6. The molecule has 0 saturated heterocycles. The second-order valence-electron chi connectivity index (χ2n) is 6.68. The van der Waals surface area contributed by atoms with Gasteiger partial charge in [0.1, 0.15) is 5.00 Å². The molecule has 8 nitrogen and oxygen atoms in total. The maximum Gasteiger partial charge on any atom is 0.412 e. The maximum absolute atomic E-state index is 12.2. The minimum Gasteiger partial charge on any atom is -0.450 e. The van der Waals surface area contributed by atoms with Crippen molar-refractivity contribution in [2.24, 2.45) is 5.10 Å². The predicted molar refractivity (Wildman–Crippen MR) is 117 cm³/mol. The third-order valence-corrected chi connectivity index (χ3v) is 5.02. The molecule has 0 atom stereocenters. The largest absolute Gasteiger partial charge is 0.450 e. The van der Waals surface area contributed by atoms with E-state index >= 15 is 0 Å². The van der Waals surface area contributed by atoms with Crippen LogP contribution in [-0.4, -0.2) is 35.2 Å². The normalized spacial score (nSPS) is 11.2. The first kappa shape index (κ1) is 22.4. The molecule has 0 saturated carbocycles. The summed E-state index contributed by atoms with van der Waals surface area (Å²) in [5.41, 5.74) is 8.77. The SMILES string of the molecule is CCOC(=O)Nc1snc(C)c1/C(C)=N/NC(=O)CNc1c(C)cc(C)cc1C. The summed E-state index contributed by atoms with van der Waals surface area (Å²) in [6.07, 6.45) is -0.553. The maximum atomic E-state index is 12.2. The van der Waals surface area contributed by atoms with Crippen LogP contribution >= 0.6 is 11.5 Å². The zero-order valence-corrected chi connectivity index (χ0v) is 18.4. The van der Waals surface area contributed by atoms with Gasteiger partial charge >= 0.3 is 6.09 Å². The first-order valence-electron chi connectivity index (χ1n) is 9.28. The van der Waals surface area contributed by atoms with Crippen LogP contribution < -0.4 is 16.1 Å². The fourth-order valence-corrected chi connectivity index (χ4v) is 3.85. The van der Waals surface area contributed by atoms with Crippen LogP contribution in [0.15, 0.2) is 17.2 Å². The van der Waals surface area contributed by atoms with Crippen molar-refractivity contribution < 1.29 is 14.3 Å². The highest BCUT2D eigenvalue weighted by atomic mass is 32.1. The van der Waals surface area contributed by atoms with Crippen LogP contribution in [-0.2, 0) is 9.53 Å². The summed E-state index contributed by atoms with van der Waals surface area (Å²) in [6.45, 7) is 11.7. The zero-order valence-electron chi connectivity index (χ0n) is 17.6. The second-order valence-corrected chi connectivity index (χ2v) is 7.45. The van der Waals surface area contributed by atoms with Gasteiger partial charge in [-0.15, -0.1) is 0 Å². The highest BCUT2D eigenvalue weighted by Gasteiger charge is 2.17. The van der Waals surface area contributed by atoms with Crippen molar-refractivity contribution in [3.63, 3.8) is 0 Å². The monoisotopic (exact) mass is 417 g/mol. The Morgan fingerprint density at radius 2 is 1.83 bits per heavy atom. The number of amides is 2. The number of carbonyl (C=O) groups is 2. The summed E-state index contributed by atoms with van der Waals surface area (Å²) in [7, 11) is 0. The molecule has 1 aromatic carbocycles. The summed E-state index contributed by atoms with van der Waals surface area (Å²) in [6, 6.07) is 4.14. The Hall–Kier alpha value is -2.94. The molecule has 0 aliphatic heterocycles. The molecule has 2 aromatic rings. The number of hydrazone groups is 1. The minimum absolute atomic E-state index is 0.0936. The molecule has 0 bridgehead atoms. The van der Waals surface area contributed by atoms with Crippen molar-refractivity contribution in [3.8, 4) is 0 Å². The molecule has 0 fully saturated rings. The lowest BCUT2D eigenvalue weighted by molar-refractivity contribution is -0.119. The number of nitrogens with one attached hydrogen (secondary N) is 3. The van der Waals surface area contributed by atoms with Crippen molar-refractivity contribution in [1.82, 2.24) is 9.80 Å². The molecule has 3 N–H and O–H groups in total. The van der Waals surface area contributed by atoms with Crippen LogP contribution in [0.3, 0.4) is 0 Å². The number of ether oxygens (including phenoxy) is 1. The summed E-state index contributed by atoms with van der Waals surface area (Å²) in [5.74, 6) is -0.274. The van der Waals surface area contributed by atoms with Gasteiger partial charge in [0, 0.05) is 5.69 Å². The molecular weight excluding hydrogens is 390 g/mol. The smallest absolute Gasteiger partial charge is 0.412 e. The first-order valence-corrected chi connectivity index (χ1v) is 10.1. The quantitative estimate of drug-likeness (QED) is 0.468. The number of carbonyl (C=O) groups excluding carboxylic acids is 2. The number of hydrogen-bond acceptors (Lipinski definition) is 7. The Labute approximate surface area is 174 Å². The van der Waals surface area contributed by atoms with Gasteiger partial charge in [-0.2, -0.15) is 9.47 Å². The topological polar surface area (TPSA) is 105 Å². The van der Waals surface area contributed by atoms with E-state index in [1.807, 2.05) is 27.7 Å². The molecule has 0 aliphatic rings. The molecule has 1 aromatic heterocycles. The molecule has 2 amide bonds. The number of aryl methyl sites for hydroxylation is 4. The summed E-state index contributed by atoms with van der Waals surface area (Å²) >= 11 is 1.14. The number of hydrogen-bond donors (Lipinski definition) is 3. The van der Waals surface area contributed by atoms with Crippen LogP contribution in [0.1, 0.15) is 41.8 Å². The fraction of sp³-hybridized carbons (Fsp3) is 0.400. The van der Waals surface area contributed by atoms with Gasteiger partial charge < -0.3 is 10.1 Å². The van der Waals surface area contributed by atoms with Crippen molar-refractivity contribution >= 4 is 39.9 Å². The van der Waals surface area contributed by atoms with E-state index in [1.54, 1.807) is 13.8 Å². The molecule has 2 rings (SSSR count). The van der Waals surface area contributed by atoms with Gasteiger partial charge in [0.2, 0.25) is 0 Å². The average molecular weight is 418 g/mol. The predicted octanol–water partition coefficient (Wildman–Crippen LogP) is 3.90.